The summed E-state index contributed by atoms with van der Waals surface area (Å²) in [5.74, 6) is 0.902. The van der Waals surface area contributed by atoms with Gasteiger partial charge in [0.1, 0.15) is 0 Å². The van der Waals surface area contributed by atoms with E-state index in [4.69, 9.17) is 0 Å². The molecule has 1 saturated carbocycles. The van der Waals surface area contributed by atoms with Crippen molar-refractivity contribution in [3.05, 3.63) is 0 Å². The fraction of sp³-hybridized carbons (Fsp3) is 0.786. The van der Waals surface area contributed by atoms with Gasteiger partial charge in [0.05, 0.1) is 11.8 Å². The molecule has 3 aliphatic rings. The Bertz CT molecular complexity index is 418. The van der Waals surface area contributed by atoms with Gasteiger partial charge in [0.25, 0.3) is 5.24 Å². The van der Waals surface area contributed by atoms with E-state index in [2.05, 4.69) is 0 Å². The Kier molecular flexibility index (Phi) is 4.01. The van der Waals surface area contributed by atoms with E-state index in [1.807, 2.05) is 4.90 Å². The van der Waals surface area contributed by atoms with E-state index in [1.165, 1.54) is 30.6 Å². The molecule has 5 nitrogen and oxygen atoms in total. The Morgan fingerprint density at radius 2 is 1.95 bits per heavy atom. The van der Waals surface area contributed by atoms with Gasteiger partial charge in [0, 0.05) is 19.5 Å². The van der Waals surface area contributed by atoms with Crippen LogP contribution in [0, 0.1) is 5.92 Å². The molecule has 1 atom stereocenters. The lowest BCUT2D eigenvalue weighted by atomic mass is 10.0. The lowest BCUT2D eigenvalue weighted by Crippen LogP contribution is -2.41. The van der Waals surface area contributed by atoms with Gasteiger partial charge in [0.2, 0.25) is 11.8 Å². The molecule has 2 saturated heterocycles. The zero-order valence-corrected chi connectivity index (χ0v) is 12.4. The highest BCUT2D eigenvalue weighted by Gasteiger charge is 2.40. The topological polar surface area (TPSA) is 57.7 Å². The van der Waals surface area contributed by atoms with Gasteiger partial charge >= 0.3 is 0 Å². The molecule has 0 aromatic heterocycles. The molecule has 0 radical (unpaired) electrons. The Morgan fingerprint density at radius 1 is 1.20 bits per heavy atom. The first-order valence-electron chi connectivity index (χ1n) is 7.41. The lowest BCUT2D eigenvalue weighted by molar-refractivity contribution is -0.132. The second kappa shape index (κ2) is 5.76. The van der Waals surface area contributed by atoms with Gasteiger partial charge < -0.3 is 4.90 Å². The molecule has 0 aromatic carbocycles. The van der Waals surface area contributed by atoms with Crippen LogP contribution in [-0.4, -0.2) is 51.7 Å². The molecule has 1 unspecified atom stereocenters. The molecular weight excluding hydrogens is 276 g/mol. The Morgan fingerprint density at radius 3 is 2.60 bits per heavy atom. The van der Waals surface area contributed by atoms with E-state index in [1.54, 1.807) is 0 Å². The Balaban J connectivity index is 1.54. The average molecular weight is 296 g/mol. The predicted octanol–water partition coefficient (Wildman–Crippen LogP) is 1.86. The zero-order valence-electron chi connectivity index (χ0n) is 11.5. The van der Waals surface area contributed by atoms with Gasteiger partial charge in [-0.1, -0.05) is 24.6 Å². The van der Waals surface area contributed by atoms with Crippen molar-refractivity contribution in [3.63, 3.8) is 0 Å². The molecule has 3 amide bonds. The maximum absolute atomic E-state index is 12.3. The Labute approximate surface area is 123 Å². The predicted molar refractivity (Wildman–Crippen MR) is 76.3 cm³/mol. The summed E-state index contributed by atoms with van der Waals surface area (Å²) in [6, 6.07) is -0.0995. The molecule has 3 fully saturated rings. The summed E-state index contributed by atoms with van der Waals surface area (Å²) in [5, 5.41) is -0.148. The number of likely N-dealkylation sites (tertiary alicyclic amines) is 1. The number of hydrogen-bond acceptors (Lipinski definition) is 4. The van der Waals surface area contributed by atoms with Crippen LogP contribution in [-0.2, 0) is 9.59 Å². The molecule has 2 heterocycles. The first-order chi connectivity index (χ1) is 9.65. The second-order valence-corrected chi connectivity index (χ2v) is 6.88. The molecule has 6 heteroatoms. The van der Waals surface area contributed by atoms with E-state index in [9.17, 15) is 14.4 Å². The highest BCUT2D eigenvalue weighted by atomic mass is 32.2. The maximum atomic E-state index is 12.3. The molecule has 0 aromatic rings. The van der Waals surface area contributed by atoms with Crippen molar-refractivity contribution in [3.8, 4) is 0 Å². The monoisotopic (exact) mass is 296 g/mol. The quantitative estimate of drug-likeness (QED) is 0.797. The number of amides is 3. The molecule has 20 heavy (non-hydrogen) atoms. The van der Waals surface area contributed by atoms with Gasteiger partial charge in [-0.2, -0.15) is 0 Å². The van der Waals surface area contributed by atoms with Crippen LogP contribution in [0.15, 0.2) is 0 Å². The number of hydrogen-bond donors (Lipinski definition) is 0. The van der Waals surface area contributed by atoms with Gasteiger partial charge in [-0.15, -0.1) is 0 Å². The highest BCUT2D eigenvalue weighted by Crippen LogP contribution is 2.30. The average Bonchev–Trinajstić information content (AvgIpc) is 3.11. The number of carbonyl (C=O) groups excluding carboxylic acids is 3. The number of imide groups is 1. The number of rotatable bonds is 3. The molecule has 0 bridgehead atoms. The Hall–Kier alpha value is -1.04. The van der Waals surface area contributed by atoms with Crippen molar-refractivity contribution in [2.75, 3.05) is 18.8 Å². The largest absolute Gasteiger partial charge is 0.341 e. The summed E-state index contributed by atoms with van der Waals surface area (Å²) in [4.78, 5) is 38.9. The van der Waals surface area contributed by atoms with Crippen LogP contribution in [0.2, 0.25) is 0 Å². The fourth-order valence-electron chi connectivity index (χ4n) is 3.49. The van der Waals surface area contributed by atoms with Crippen LogP contribution < -0.4 is 0 Å². The number of carbonyl (C=O) groups is 3. The molecule has 110 valence electrons. The van der Waals surface area contributed by atoms with E-state index >= 15 is 0 Å². The third-order valence-electron chi connectivity index (χ3n) is 4.60. The standard InChI is InChI=1S/C14H20N2O3S/c17-12(7-10-3-1-2-4-10)15-6-5-11(8-15)16-13(18)9-20-14(16)19/h10-11H,1-9H2. The van der Waals surface area contributed by atoms with E-state index in [0.29, 0.717) is 25.4 Å². The summed E-state index contributed by atoms with van der Waals surface area (Å²) in [5.41, 5.74) is 0. The van der Waals surface area contributed by atoms with Crippen molar-refractivity contribution in [2.45, 2.75) is 44.6 Å². The van der Waals surface area contributed by atoms with Crippen LogP contribution >= 0.6 is 11.8 Å². The second-order valence-electron chi connectivity index (χ2n) is 5.96. The normalized spacial score (nSPS) is 27.9. The minimum Gasteiger partial charge on any atom is -0.341 e. The van der Waals surface area contributed by atoms with Gasteiger partial charge in [0.15, 0.2) is 0 Å². The minimum atomic E-state index is -0.148. The molecule has 2 aliphatic heterocycles. The molecule has 0 N–H and O–H groups in total. The van der Waals surface area contributed by atoms with Gasteiger partial charge in [-0.05, 0) is 25.2 Å². The minimum absolute atomic E-state index is 0.0995. The maximum Gasteiger partial charge on any atom is 0.289 e. The summed E-state index contributed by atoms with van der Waals surface area (Å²) in [7, 11) is 0. The molecule has 0 spiro atoms. The summed E-state index contributed by atoms with van der Waals surface area (Å²) >= 11 is 1.07. The van der Waals surface area contributed by atoms with Gasteiger partial charge in [-0.25, -0.2) is 0 Å². The van der Waals surface area contributed by atoms with Crippen molar-refractivity contribution < 1.29 is 14.4 Å². The SMILES string of the molecule is O=C(CC1CCCC1)N1CCC(N2C(=O)CSC2=O)C1. The zero-order chi connectivity index (χ0) is 14.1. The van der Waals surface area contributed by atoms with Crippen LogP contribution in [0.4, 0.5) is 4.79 Å². The van der Waals surface area contributed by atoms with E-state index in [-0.39, 0.29) is 28.8 Å². The van der Waals surface area contributed by atoms with Gasteiger partial charge in [-0.3, -0.25) is 19.3 Å². The third-order valence-corrected chi connectivity index (χ3v) is 5.44. The fourth-order valence-corrected chi connectivity index (χ4v) is 4.26. The smallest absolute Gasteiger partial charge is 0.289 e. The van der Waals surface area contributed by atoms with Crippen molar-refractivity contribution in [1.82, 2.24) is 9.80 Å². The van der Waals surface area contributed by atoms with Crippen molar-refractivity contribution >= 4 is 28.8 Å². The van der Waals surface area contributed by atoms with E-state index in [0.717, 1.165) is 18.2 Å². The first-order valence-corrected chi connectivity index (χ1v) is 8.40. The molecule has 3 rings (SSSR count). The van der Waals surface area contributed by atoms with Crippen LogP contribution in [0.3, 0.4) is 0 Å². The first kappa shape index (κ1) is 13.9. The third kappa shape index (κ3) is 2.71. The number of nitrogens with zero attached hydrogens (tertiary/aromatic N) is 2. The van der Waals surface area contributed by atoms with E-state index < -0.39 is 0 Å². The van der Waals surface area contributed by atoms with Crippen molar-refractivity contribution in [2.24, 2.45) is 5.92 Å². The molecular formula is C14H20N2O3S. The number of thioether (sulfide) groups is 1. The van der Waals surface area contributed by atoms with Crippen LogP contribution in [0.5, 0.6) is 0 Å². The van der Waals surface area contributed by atoms with Crippen LogP contribution in [0.1, 0.15) is 38.5 Å². The summed E-state index contributed by atoms with van der Waals surface area (Å²) in [6.07, 6.45) is 6.20. The highest BCUT2D eigenvalue weighted by molar-refractivity contribution is 8.14. The summed E-state index contributed by atoms with van der Waals surface area (Å²) in [6.45, 7) is 1.21. The summed E-state index contributed by atoms with van der Waals surface area (Å²) < 4.78 is 0. The van der Waals surface area contributed by atoms with Crippen molar-refractivity contribution in [1.29, 1.82) is 0 Å². The van der Waals surface area contributed by atoms with Crippen LogP contribution in [0.25, 0.3) is 0 Å². The molecule has 1 aliphatic carbocycles. The lowest BCUT2D eigenvalue weighted by Gasteiger charge is -2.22.